The number of aliphatic hydroxyl groups excluding tert-OH is 1. The van der Waals surface area contributed by atoms with Gasteiger partial charge in [-0.3, -0.25) is 0 Å². The van der Waals surface area contributed by atoms with E-state index < -0.39 is 5.41 Å². The van der Waals surface area contributed by atoms with Crippen LogP contribution in [0.4, 0.5) is 0 Å². The quantitative estimate of drug-likeness (QED) is 0.812. The van der Waals surface area contributed by atoms with Crippen LogP contribution in [-0.4, -0.2) is 24.5 Å². The molecule has 0 aromatic rings. The summed E-state index contributed by atoms with van der Waals surface area (Å²) in [6, 6.07) is 2.53. The highest BCUT2D eigenvalue weighted by molar-refractivity contribution is 5.40. The third-order valence-electron chi connectivity index (χ3n) is 4.69. The molecule has 20 heavy (non-hydrogen) atoms. The van der Waals surface area contributed by atoms with Gasteiger partial charge in [0.25, 0.3) is 0 Å². The second-order valence-electron chi connectivity index (χ2n) is 6.25. The fourth-order valence-electron chi connectivity index (χ4n) is 3.66. The molecule has 0 spiro atoms. The lowest BCUT2D eigenvalue weighted by atomic mass is 9.61. The number of hydrogen-bond acceptors (Lipinski definition) is 4. The summed E-state index contributed by atoms with van der Waals surface area (Å²) in [5.74, 6) is 0.263. The topological polar surface area (TPSA) is 65.3 Å². The summed E-state index contributed by atoms with van der Waals surface area (Å²) < 4.78 is 5.27. The van der Waals surface area contributed by atoms with Gasteiger partial charge in [-0.2, -0.15) is 5.26 Å². The number of hydrogen-bond donors (Lipinski definition) is 2. The third kappa shape index (κ3) is 2.48. The van der Waals surface area contributed by atoms with Gasteiger partial charge in [0.2, 0.25) is 0 Å². The van der Waals surface area contributed by atoms with E-state index in [0.717, 1.165) is 11.3 Å². The number of allylic oxidation sites excluding steroid dienone is 3. The lowest BCUT2D eigenvalue weighted by Crippen LogP contribution is -2.43. The molecule has 0 amide bonds. The number of nitriles is 1. The second-order valence-corrected chi connectivity index (χ2v) is 6.25. The Kier molecular flexibility index (Phi) is 4.22. The van der Waals surface area contributed by atoms with Crippen LogP contribution in [0.15, 0.2) is 23.4 Å². The molecule has 0 aromatic carbocycles. The van der Waals surface area contributed by atoms with E-state index in [-0.39, 0.29) is 24.2 Å². The number of dihydropyridines is 1. The van der Waals surface area contributed by atoms with Crippen molar-refractivity contribution in [1.82, 2.24) is 5.32 Å². The van der Waals surface area contributed by atoms with Crippen molar-refractivity contribution in [3.05, 3.63) is 23.4 Å². The first-order valence-corrected chi connectivity index (χ1v) is 7.21. The summed E-state index contributed by atoms with van der Waals surface area (Å²) in [4.78, 5) is 0. The Morgan fingerprint density at radius 1 is 1.40 bits per heavy atom. The largest absolute Gasteiger partial charge is 0.393 e. The van der Waals surface area contributed by atoms with Crippen molar-refractivity contribution in [3.63, 3.8) is 0 Å². The van der Waals surface area contributed by atoms with Gasteiger partial charge in [-0.15, -0.1) is 0 Å². The van der Waals surface area contributed by atoms with E-state index in [0.29, 0.717) is 12.8 Å². The minimum atomic E-state index is -0.510. The number of rotatable bonds is 2. The van der Waals surface area contributed by atoms with Crippen LogP contribution in [0, 0.1) is 28.6 Å². The number of aliphatic hydroxyl groups is 1. The molecule has 2 aliphatic rings. The van der Waals surface area contributed by atoms with Gasteiger partial charge in [0.1, 0.15) is 6.23 Å². The molecule has 0 aromatic heterocycles. The van der Waals surface area contributed by atoms with Crippen LogP contribution >= 0.6 is 0 Å². The van der Waals surface area contributed by atoms with Crippen LogP contribution in [0.1, 0.15) is 33.6 Å². The summed E-state index contributed by atoms with van der Waals surface area (Å²) in [5.41, 5.74) is 1.53. The van der Waals surface area contributed by atoms with Crippen LogP contribution in [-0.2, 0) is 4.74 Å². The van der Waals surface area contributed by atoms with Crippen molar-refractivity contribution in [2.45, 2.75) is 45.9 Å². The highest BCUT2D eigenvalue weighted by atomic mass is 16.5. The molecule has 1 heterocycles. The predicted octanol–water partition coefficient (Wildman–Crippen LogP) is 2.33. The van der Waals surface area contributed by atoms with Crippen LogP contribution in [0.2, 0.25) is 0 Å². The molecule has 2 N–H and O–H groups in total. The zero-order chi connectivity index (χ0) is 14.9. The molecule has 1 aliphatic carbocycles. The van der Waals surface area contributed by atoms with Gasteiger partial charge < -0.3 is 15.2 Å². The minimum Gasteiger partial charge on any atom is -0.393 e. The minimum absolute atomic E-state index is 0.126. The number of nitrogens with zero attached hydrogens (tertiary/aromatic N) is 1. The summed E-state index contributed by atoms with van der Waals surface area (Å²) in [7, 11) is 1.65. The average molecular weight is 276 g/mol. The number of nitrogens with one attached hydrogen (secondary N) is 1. The highest BCUT2D eigenvalue weighted by Gasteiger charge is 2.45. The Bertz CT molecular complexity index is 463. The van der Waals surface area contributed by atoms with Crippen LogP contribution < -0.4 is 5.32 Å². The van der Waals surface area contributed by atoms with E-state index in [1.54, 1.807) is 7.11 Å². The fraction of sp³-hybridized carbons (Fsp3) is 0.688. The van der Waals surface area contributed by atoms with Crippen molar-refractivity contribution >= 4 is 0 Å². The van der Waals surface area contributed by atoms with Crippen molar-refractivity contribution in [3.8, 4) is 6.07 Å². The zero-order valence-corrected chi connectivity index (χ0v) is 12.7. The van der Waals surface area contributed by atoms with Crippen molar-refractivity contribution in [2.75, 3.05) is 7.11 Å². The molecule has 1 saturated carbocycles. The Hall–Kier alpha value is -1.31. The Morgan fingerprint density at radius 3 is 2.45 bits per heavy atom. The molecule has 1 fully saturated rings. The van der Waals surface area contributed by atoms with Crippen LogP contribution in [0.3, 0.4) is 0 Å². The molecule has 0 bridgehead atoms. The van der Waals surface area contributed by atoms with Crippen molar-refractivity contribution in [1.29, 1.82) is 5.26 Å². The lowest BCUT2D eigenvalue weighted by Gasteiger charge is -2.43. The van der Waals surface area contributed by atoms with Crippen LogP contribution in [0.25, 0.3) is 0 Å². The SMILES string of the molecule is COC1C=CC([C@]2(C#N)C[C@@H](C)[C@H](O)[C@H](C)C2)=C(C)N1. The Labute approximate surface area is 121 Å². The average Bonchev–Trinajstić information content (AvgIpc) is 2.44. The molecule has 0 radical (unpaired) electrons. The maximum atomic E-state index is 10.1. The monoisotopic (exact) mass is 276 g/mol. The molecule has 4 nitrogen and oxygen atoms in total. The first kappa shape index (κ1) is 15.1. The van der Waals surface area contributed by atoms with E-state index in [1.807, 2.05) is 32.9 Å². The van der Waals surface area contributed by atoms with E-state index in [9.17, 15) is 10.4 Å². The van der Waals surface area contributed by atoms with Gasteiger partial charge >= 0.3 is 0 Å². The summed E-state index contributed by atoms with van der Waals surface area (Å²) in [6.07, 6.45) is 4.92. The molecular formula is C16H24N2O2. The van der Waals surface area contributed by atoms with E-state index in [2.05, 4.69) is 11.4 Å². The van der Waals surface area contributed by atoms with E-state index >= 15 is 0 Å². The van der Waals surface area contributed by atoms with Crippen LogP contribution in [0.5, 0.6) is 0 Å². The summed E-state index contributed by atoms with van der Waals surface area (Å²) in [6.45, 7) is 6.05. The fourth-order valence-corrected chi connectivity index (χ4v) is 3.66. The molecule has 4 heteroatoms. The smallest absolute Gasteiger partial charge is 0.146 e. The molecule has 1 unspecified atom stereocenters. The van der Waals surface area contributed by atoms with E-state index in [1.165, 1.54) is 0 Å². The molecule has 1 aliphatic heterocycles. The Balaban J connectivity index is 2.34. The van der Waals surface area contributed by atoms with Gasteiger partial charge in [0.05, 0.1) is 17.6 Å². The number of ether oxygens (including phenoxy) is 1. The van der Waals surface area contributed by atoms with E-state index in [4.69, 9.17) is 4.74 Å². The van der Waals surface area contributed by atoms with Gasteiger partial charge in [-0.25, -0.2) is 0 Å². The number of methoxy groups -OCH3 is 1. The predicted molar refractivity (Wildman–Crippen MR) is 77.4 cm³/mol. The second kappa shape index (κ2) is 5.59. The van der Waals surface area contributed by atoms with Crippen molar-refractivity contribution < 1.29 is 9.84 Å². The molecular weight excluding hydrogens is 252 g/mol. The van der Waals surface area contributed by atoms with Gasteiger partial charge in [-0.05, 0) is 43.3 Å². The van der Waals surface area contributed by atoms with Crippen molar-refractivity contribution in [2.24, 2.45) is 17.3 Å². The summed E-state index contributed by atoms with van der Waals surface area (Å²) in [5, 5.41) is 23.2. The van der Waals surface area contributed by atoms with Gasteiger partial charge in [-0.1, -0.05) is 19.9 Å². The molecule has 3 atom stereocenters. The molecule has 110 valence electrons. The maximum absolute atomic E-state index is 10.1. The van der Waals surface area contributed by atoms with Gasteiger partial charge in [0, 0.05) is 12.8 Å². The first-order valence-electron chi connectivity index (χ1n) is 7.21. The van der Waals surface area contributed by atoms with Gasteiger partial charge in [0.15, 0.2) is 0 Å². The molecule has 0 saturated heterocycles. The normalized spacial score (nSPS) is 41.2. The first-order chi connectivity index (χ1) is 9.43. The zero-order valence-electron chi connectivity index (χ0n) is 12.7. The maximum Gasteiger partial charge on any atom is 0.146 e. The molecule has 2 rings (SSSR count). The highest BCUT2D eigenvalue weighted by Crippen LogP contribution is 2.48. The standard InChI is InChI=1S/C16H24N2O2/c1-10-7-16(9-17,8-11(2)15(10)19)13-5-6-14(20-4)18-12(13)3/h5-6,10-11,14-15,18-19H,7-8H2,1-4H3/t10-,11-,14?,15-,16+/m1/s1. The lowest BCUT2D eigenvalue weighted by molar-refractivity contribution is 0.00211. The Morgan fingerprint density at radius 2 is 2.00 bits per heavy atom. The summed E-state index contributed by atoms with van der Waals surface area (Å²) >= 11 is 0. The third-order valence-corrected chi connectivity index (χ3v) is 4.69.